The summed E-state index contributed by atoms with van der Waals surface area (Å²) in [5.74, 6) is 1.92. The topological polar surface area (TPSA) is 60.3 Å². The van der Waals surface area contributed by atoms with Crippen LogP contribution in [0, 0.1) is 6.92 Å². The second-order valence-corrected chi connectivity index (χ2v) is 7.50. The molecule has 0 atom stereocenters. The van der Waals surface area contributed by atoms with Crippen molar-refractivity contribution in [2.75, 3.05) is 19.9 Å². The van der Waals surface area contributed by atoms with E-state index in [1.165, 1.54) is 17.3 Å². The standard InChI is InChI=1S/C21H24N4O2S/c1-15-7-5-6-8-17(15)13-24(2)19(26)14-28-21-23-22-20(25(21)3)16-9-11-18(27-4)12-10-16/h5-12H,13-14H2,1-4H3. The second kappa shape index (κ2) is 8.93. The van der Waals surface area contributed by atoms with Crippen molar-refractivity contribution >= 4 is 17.7 Å². The average Bonchev–Trinajstić information content (AvgIpc) is 3.08. The molecule has 7 heteroatoms. The Labute approximate surface area is 169 Å². The zero-order chi connectivity index (χ0) is 20.1. The zero-order valence-electron chi connectivity index (χ0n) is 16.5. The predicted molar refractivity (Wildman–Crippen MR) is 111 cm³/mol. The number of benzene rings is 2. The molecule has 0 saturated heterocycles. The number of hydrogen-bond donors (Lipinski definition) is 0. The summed E-state index contributed by atoms with van der Waals surface area (Å²) in [6, 6.07) is 15.8. The summed E-state index contributed by atoms with van der Waals surface area (Å²) in [5, 5.41) is 9.22. The highest BCUT2D eigenvalue weighted by molar-refractivity contribution is 7.99. The van der Waals surface area contributed by atoms with Crippen molar-refractivity contribution in [3.8, 4) is 17.1 Å². The van der Waals surface area contributed by atoms with Crippen molar-refractivity contribution in [1.82, 2.24) is 19.7 Å². The normalized spacial score (nSPS) is 10.7. The van der Waals surface area contributed by atoms with Crippen LogP contribution in [0.15, 0.2) is 53.7 Å². The minimum absolute atomic E-state index is 0.0576. The van der Waals surface area contributed by atoms with Crippen LogP contribution in [-0.4, -0.2) is 45.5 Å². The smallest absolute Gasteiger partial charge is 0.233 e. The molecule has 6 nitrogen and oxygen atoms in total. The third kappa shape index (κ3) is 4.54. The van der Waals surface area contributed by atoms with Gasteiger partial charge in [0, 0.05) is 26.2 Å². The van der Waals surface area contributed by atoms with Gasteiger partial charge in [0.15, 0.2) is 11.0 Å². The lowest BCUT2D eigenvalue weighted by molar-refractivity contribution is -0.127. The van der Waals surface area contributed by atoms with Crippen LogP contribution in [0.5, 0.6) is 5.75 Å². The Bertz CT molecular complexity index is 953. The number of ether oxygens (including phenoxy) is 1. The third-order valence-corrected chi connectivity index (χ3v) is 5.61. The summed E-state index contributed by atoms with van der Waals surface area (Å²) in [6.07, 6.45) is 0. The number of nitrogens with zero attached hydrogens (tertiary/aromatic N) is 4. The molecule has 2 aromatic carbocycles. The van der Waals surface area contributed by atoms with Gasteiger partial charge in [0.05, 0.1) is 12.9 Å². The first-order valence-electron chi connectivity index (χ1n) is 8.94. The van der Waals surface area contributed by atoms with E-state index in [9.17, 15) is 4.79 Å². The molecule has 0 radical (unpaired) electrons. The largest absolute Gasteiger partial charge is 0.497 e. The van der Waals surface area contributed by atoms with Crippen LogP contribution in [0.25, 0.3) is 11.4 Å². The quantitative estimate of drug-likeness (QED) is 0.572. The number of carbonyl (C=O) groups is 1. The predicted octanol–water partition coefficient (Wildman–Crippen LogP) is 3.55. The highest BCUT2D eigenvalue weighted by Gasteiger charge is 2.15. The maximum Gasteiger partial charge on any atom is 0.233 e. The van der Waals surface area contributed by atoms with E-state index in [2.05, 4.69) is 29.3 Å². The highest BCUT2D eigenvalue weighted by Crippen LogP contribution is 2.24. The Morgan fingerprint density at radius 1 is 1.14 bits per heavy atom. The summed E-state index contributed by atoms with van der Waals surface area (Å²) < 4.78 is 7.09. The maximum absolute atomic E-state index is 12.5. The number of aryl methyl sites for hydroxylation is 1. The van der Waals surface area contributed by atoms with Crippen molar-refractivity contribution in [2.24, 2.45) is 7.05 Å². The van der Waals surface area contributed by atoms with Crippen LogP contribution in [0.2, 0.25) is 0 Å². The molecule has 0 aliphatic rings. The molecule has 0 fully saturated rings. The number of rotatable bonds is 7. The van der Waals surface area contributed by atoms with Crippen molar-refractivity contribution in [3.05, 3.63) is 59.7 Å². The van der Waals surface area contributed by atoms with Gasteiger partial charge in [0.2, 0.25) is 5.91 Å². The third-order valence-electron chi connectivity index (χ3n) is 4.60. The van der Waals surface area contributed by atoms with Crippen molar-refractivity contribution in [3.63, 3.8) is 0 Å². The molecule has 3 rings (SSSR count). The lowest BCUT2D eigenvalue weighted by Gasteiger charge is -2.18. The summed E-state index contributed by atoms with van der Waals surface area (Å²) >= 11 is 1.39. The summed E-state index contributed by atoms with van der Waals surface area (Å²) in [4.78, 5) is 14.3. The first-order chi connectivity index (χ1) is 13.5. The number of amides is 1. The molecule has 0 N–H and O–H groups in total. The first-order valence-corrected chi connectivity index (χ1v) is 9.93. The molecule has 3 aromatic rings. The van der Waals surface area contributed by atoms with E-state index in [0.717, 1.165) is 22.7 Å². The van der Waals surface area contributed by atoms with Crippen molar-refractivity contribution < 1.29 is 9.53 Å². The number of hydrogen-bond acceptors (Lipinski definition) is 5. The lowest BCUT2D eigenvalue weighted by Crippen LogP contribution is -2.28. The van der Waals surface area contributed by atoms with Crippen LogP contribution in [-0.2, 0) is 18.4 Å². The molecule has 146 valence electrons. The number of carbonyl (C=O) groups excluding carboxylic acids is 1. The minimum Gasteiger partial charge on any atom is -0.497 e. The fourth-order valence-electron chi connectivity index (χ4n) is 2.80. The van der Waals surface area contributed by atoms with E-state index in [1.807, 2.05) is 55.1 Å². The van der Waals surface area contributed by atoms with Gasteiger partial charge in [-0.2, -0.15) is 0 Å². The fraction of sp³-hybridized carbons (Fsp3) is 0.286. The van der Waals surface area contributed by atoms with E-state index in [0.29, 0.717) is 17.5 Å². The number of thioether (sulfide) groups is 1. The molecule has 0 saturated carbocycles. The lowest BCUT2D eigenvalue weighted by atomic mass is 10.1. The molecule has 1 aromatic heterocycles. The van der Waals surface area contributed by atoms with Gasteiger partial charge in [-0.1, -0.05) is 36.0 Å². The minimum atomic E-state index is 0.0576. The van der Waals surface area contributed by atoms with Gasteiger partial charge in [0.1, 0.15) is 5.75 Å². The molecule has 1 heterocycles. The number of methoxy groups -OCH3 is 1. The molecule has 0 aliphatic heterocycles. The van der Waals surface area contributed by atoms with Crippen LogP contribution in [0.1, 0.15) is 11.1 Å². The molecular formula is C21H24N4O2S. The Hall–Kier alpha value is -2.80. The van der Waals surface area contributed by atoms with E-state index in [1.54, 1.807) is 12.0 Å². The highest BCUT2D eigenvalue weighted by atomic mass is 32.2. The number of aromatic nitrogens is 3. The molecule has 0 aliphatic carbocycles. The Kier molecular flexibility index (Phi) is 6.36. The van der Waals surface area contributed by atoms with Gasteiger partial charge >= 0.3 is 0 Å². The first kappa shape index (κ1) is 19.9. The van der Waals surface area contributed by atoms with E-state index >= 15 is 0 Å². The van der Waals surface area contributed by atoms with E-state index in [-0.39, 0.29) is 5.91 Å². The fourth-order valence-corrected chi connectivity index (χ4v) is 3.65. The molecule has 0 spiro atoms. The molecule has 0 bridgehead atoms. The summed E-state index contributed by atoms with van der Waals surface area (Å²) in [7, 11) is 5.37. The average molecular weight is 397 g/mol. The van der Waals surface area contributed by atoms with Crippen molar-refractivity contribution in [1.29, 1.82) is 0 Å². The van der Waals surface area contributed by atoms with Crippen LogP contribution < -0.4 is 4.74 Å². The molecule has 28 heavy (non-hydrogen) atoms. The van der Waals surface area contributed by atoms with Crippen LogP contribution >= 0.6 is 11.8 Å². The summed E-state index contributed by atoms with van der Waals surface area (Å²) in [6.45, 7) is 2.66. The van der Waals surface area contributed by atoms with Gasteiger partial charge < -0.3 is 14.2 Å². The second-order valence-electron chi connectivity index (χ2n) is 6.56. The van der Waals surface area contributed by atoms with Gasteiger partial charge in [-0.25, -0.2) is 0 Å². The van der Waals surface area contributed by atoms with Gasteiger partial charge in [-0.3, -0.25) is 4.79 Å². The van der Waals surface area contributed by atoms with Crippen LogP contribution in [0.3, 0.4) is 0 Å². The summed E-state index contributed by atoms with van der Waals surface area (Å²) in [5.41, 5.74) is 3.29. The van der Waals surface area contributed by atoms with E-state index in [4.69, 9.17) is 4.74 Å². The maximum atomic E-state index is 12.5. The molecular weight excluding hydrogens is 372 g/mol. The molecule has 0 unspecified atom stereocenters. The van der Waals surface area contributed by atoms with E-state index < -0.39 is 0 Å². The van der Waals surface area contributed by atoms with Crippen molar-refractivity contribution in [2.45, 2.75) is 18.6 Å². The van der Waals surface area contributed by atoms with Crippen LogP contribution in [0.4, 0.5) is 0 Å². The van der Waals surface area contributed by atoms with Gasteiger partial charge in [0.25, 0.3) is 0 Å². The Morgan fingerprint density at radius 2 is 1.86 bits per heavy atom. The SMILES string of the molecule is COc1ccc(-c2nnc(SCC(=O)N(C)Cc3ccccc3C)n2C)cc1. The zero-order valence-corrected chi connectivity index (χ0v) is 17.4. The molecule has 1 amide bonds. The Morgan fingerprint density at radius 3 is 2.54 bits per heavy atom. The van der Waals surface area contributed by atoms with Gasteiger partial charge in [-0.15, -0.1) is 10.2 Å². The van der Waals surface area contributed by atoms with Gasteiger partial charge in [-0.05, 0) is 42.3 Å². The monoisotopic (exact) mass is 396 g/mol. The Balaban J connectivity index is 1.62.